The third-order valence-electron chi connectivity index (χ3n) is 6.29. The van der Waals surface area contributed by atoms with Gasteiger partial charge in [-0.3, -0.25) is 9.69 Å². The second-order valence-corrected chi connectivity index (χ2v) is 10.2. The molecule has 0 unspecified atom stereocenters. The van der Waals surface area contributed by atoms with Crippen molar-refractivity contribution in [2.75, 3.05) is 0 Å². The summed E-state index contributed by atoms with van der Waals surface area (Å²) in [4.78, 5) is 21.0. The van der Waals surface area contributed by atoms with Gasteiger partial charge < -0.3 is 4.74 Å². The highest BCUT2D eigenvalue weighted by atomic mass is 35.5. The van der Waals surface area contributed by atoms with Crippen molar-refractivity contribution in [2.45, 2.75) is 44.8 Å². The van der Waals surface area contributed by atoms with E-state index in [1.54, 1.807) is 0 Å². The fourth-order valence-electron chi connectivity index (χ4n) is 4.43. The third-order valence-corrected chi connectivity index (χ3v) is 7.64. The second kappa shape index (κ2) is 11.1. The molecule has 4 nitrogen and oxygen atoms in total. The highest BCUT2D eigenvalue weighted by molar-refractivity contribution is 8.18. The molecular formula is C29H27ClN2O2S. The van der Waals surface area contributed by atoms with Crippen LogP contribution < -0.4 is 4.74 Å². The predicted molar refractivity (Wildman–Crippen MR) is 145 cm³/mol. The van der Waals surface area contributed by atoms with Crippen LogP contribution >= 0.6 is 23.4 Å². The largest absolute Gasteiger partial charge is 0.489 e. The van der Waals surface area contributed by atoms with E-state index in [9.17, 15) is 4.79 Å². The van der Waals surface area contributed by atoms with E-state index in [0.717, 1.165) is 53.4 Å². The molecule has 0 spiro atoms. The van der Waals surface area contributed by atoms with E-state index in [0.29, 0.717) is 16.5 Å². The lowest BCUT2D eigenvalue weighted by Gasteiger charge is -2.30. The lowest BCUT2D eigenvalue weighted by Crippen LogP contribution is -2.40. The Bertz CT molecular complexity index is 1240. The number of aliphatic imine (C=N–C) groups is 1. The first-order valence-corrected chi connectivity index (χ1v) is 13.2. The van der Waals surface area contributed by atoms with Gasteiger partial charge in [0.15, 0.2) is 5.17 Å². The normalized spacial score (nSPS) is 19.0. The Labute approximate surface area is 215 Å². The number of hydrogen-bond donors (Lipinski definition) is 0. The molecule has 1 heterocycles. The fourth-order valence-corrected chi connectivity index (χ4v) is 5.68. The average molecular weight is 503 g/mol. The molecule has 178 valence electrons. The summed E-state index contributed by atoms with van der Waals surface area (Å²) in [6.07, 6.45) is 7.58. The standard InChI is InChI=1S/C29H27ClN2O2S/c30-26-14-8-7-9-22(26)20-34-25-17-15-21(16-18-25)19-27-28(33)32(24-12-5-2-6-13-24)29(35-27)31-23-10-3-1-4-11-23/h1,3-4,7-11,14-19,24H,2,5-6,12-13,20H2/b27-19+,31-29?. The number of nitrogens with zero attached hydrogens (tertiary/aromatic N) is 2. The number of para-hydroxylation sites is 1. The predicted octanol–water partition coefficient (Wildman–Crippen LogP) is 7.86. The molecule has 1 aliphatic heterocycles. The number of carbonyl (C=O) groups is 1. The van der Waals surface area contributed by atoms with Gasteiger partial charge in [-0.15, -0.1) is 0 Å². The van der Waals surface area contributed by atoms with Crippen molar-refractivity contribution in [3.63, 3.8) is 0 Å². The van der Waals surface area contributed by atoms with E-state index < -0.39 is 0 Å². The van der Waals surface area contributed by atoms with Crippen LogP contribution in [0.1, 0.15) is 43.2 Å². The molecule has 6 heteroatoms. The number of ether oxygens (including phenoxy) is 1. The van der Waals surface area contributed by atoms with Crippen LogP contribution in [-0.2, 0) is 11.4 Å². The molecule has 2 fully saturated rings. The highest BCUT2D eigenvalue weighted by Gasteiger charge is 2.38. The molecule has 2 aliphatic rings. The first-order valence-electron chi connectivity index (χ1n) is 12.0. The quantitative estimate of drug-likeness (QED) is 0.322. The first kappa shape index (κ1) is 23.7. The van der Waals surface area contributed by atoms with Gasteiger partial charge in [0, 0.05) is 16.6 Å². The molecule has 0 aromatic heterocycles. The van der Waals surface area contributed by atoms with Crippen molar-refractivity contribution in [2.24, 2.45) is 4.99 Å². The Morgan fingerprint density at radius 3 is 2.40 bits per heavy atom. The van der Waals surface area contributed by atoms with Gasteiger partial charge in [0.05, 0.1) is 10.6 Å². The number of carbonyl (C=O) groups excluding carboxylic acids is 1. The lowest BCUT2D eigenvalue weighted by atomic mass is 9.94. The van der Waals surface area contributed by atoms with Crippen LogP contribution in [0.4, 0.5) is 5.69 Å². The lowest BCUT2D eigenvalue weighted by molar-refractivity contribution is -0.124. The Morgan fingerprint density at radius 1 is 0.943 bits per heavy atom. The molecule has 3 aromatic rings. The van der Waals surface area contributed by atoms with E-state index >= 15 is 0 Å². The van der Waals surface area contributed by atoms with E-state index in [1.807, 2.05) is 89.8 Å². The van der Waals surface area contributed by atoms with Crippen molar-refractivity contribution >= 4 is 46.2 Å². The minimum Gasteiger partial charge on any atom is -0.489 e. The Morgan fingerprint density at radius 2 is 1.66 bits per heavy atom. The molecule has 0 atom stereocenters. The van der Waals surface area contributed by atoms with Gasteiger partial charge in [-0.05, 0) is 66.6 Å². The SMILES string of the molecule is O=C1/C(=C\c2ccc(OCc3ccccc3Cl)cc2)SC(=Nc2ccccc2)N1C1CCCCC1. The summed E-state index contributed by atoms with van der Waals surface area (Å²) >= 11 is 7.68. The molecule has 3 aromatic carbocycles. The summed E-state index contributed by atoms with van der Waals surface area (Å²) in [6, 6.07) is 25.5. The maximum atomic E-state index is 13.5. The van der Waals surface area contributed by atoms with E-state index in [1.165, 1.54) is 18.2 Å². The number of rotatable bonds is 6. The van der Waals surface area contributed by atoms with E-state index in [-0.39, 0.29) is 11.9 Å². The van der Waals surface area contributed by atoms with Crippen LogP contribution in [0.25, 0.3) is 6.08 Å². The Balaban J connectivity index is 1.34. The number of amides is 1. The smallest absolute Gasteiger partial charge is 0.267 e. The molecule has 1 saturated carbocycles. The molecule has 0 radical (unpaired) electrons. The topological polar surface area (TPSA) is 41.9 Å². The number of thioether (sulfide) groups is 1. The van der Waals surface area contributed by atoms with Gasteiger partial charge in [-0.25, -0.2) is 4.99 Å². The summed E-state index contributed by atoms with van der Waals surface area (Å²) in [7, 11) is 0. The van der Waals surface area contributed by atoms with Crippen molar-refractivity contribution in [1.82, 2.24) is 4.90 Å². The maximum absolute atomic E-state index is 13.5. The van der Waals surface area contributed by atoms with Gasteiger partial charge >= 0.3 is 0 Å². The fraction of sp³-hybridized carbons (Fsp3) is 0.241. The maximum Gasteiger partial charge on any atom is 0.267 e. The third kappa shape index (κ3) is 5.80. The summed E-state index contributed by atoms with van der Waals surface area (Å²) in [6.45, 7) is 0.407. The zero-order chi connectivity index (χ0) is 24.0. The van der Waals surface area contributed by atoms with Crippen LogP contribution in [0.3, 0.4) is 0 Å². The number of benzene rings is 3. The van der Waals surface area contributed by atoms with Gasteiger partial charge in [0.1, 0.15) is 12.4 Å². The highest BCUT2D eigenvalue weighted by Crippen LogP contribution is 2.38. The van der Waals surface area contributed by atoms with Crippen molar-refractivity contribution < 1.29 is 9.53 Å². The molecule has 0 N–H and O–H groups in total. The molecule has 1 amide bonds. The Kier molecular flexibility index (Phi) is 7.55. The summed E-state index contributed by atoms with van der Waals surface area (Å²) < 4.78 is 5.89. The molecule has 1 aliphatic carbocycles. The second-order valence-electron chi connectivity index (χ2n) is 8.76. The van der Waals surface area contributed by atoms with Crippen LogP contribution in [0.15, 0.2) is 88.8 Å². The van der Waals surface area contributed by atoms with Crippen LogP contribution in [0.5, 0.6) is 5.75 Å². The van der Waals surface area contributed by atoms with Gasteiger partial charge in [0.2, 0.25) is 0 Å². The zero-order valence-electron chi connectivity index (χ0n) is 19.4. The Hall–Kier alpha value is -3.02. The number of amidine groups is 1. The number of hydrogen-bond acceptors (Lipinski definition) is 4. The minimum atomic E-state index is 0.0515. The monoisotopic (exact) mass is 502 g/mol. The molecule has 1 saturated heterocycles. The molecular weight excluding hydrogens is 476 g/mol. The van der Waals surface area contributed by atoms with Crippen LogP contribution in [0, 0.1) is 0 Å². The summed E-state index contributed by atoms with van der Waals surface area (Å²) in [5.74, 6) is 0.809. The van der Waals surface area contributed by atoms with Gasteiger partial charge in [-0.1, -0.05) is 79.4 Å². The minimum absolute atomic E-state index is 0.0515. The molecule has 5 rings (SSSR count). The zero-order valence-corrected chi connectivity index (χ0v) is 21.0. The number of halogens is 1. The van der Waals surface area contributed by atoms with E-state index in [2.05, 4.69) is 0 Å². The summed E-state index contributed by atoms with van der Waals surface area (Å²) in [5, 5.41) is 1.47. The van der Waals surface area contributed by atoms with Crippen molar-refractivity contribution in [3.8, 4) is 5.75 Å². The van der Waals surface area contributed by atoms with Gasteiger partial charge in [-0.2, -0.15) is 0 Å². The molecule has 0 bridgehead atoms. The van der Waals surface area contributed by atoms with E-state index in [4.69, 9.17) is 21.3 Å². The average Bonchev–Trinajstić information content (AvgIpc) is 3.19. The van der Waals surface area contributed by atoms with Crippen LogP contribution in [-0.4, -0.2) is 22.0 Å². The summed E-state index contributed by atoms with van der Waals surface area (Å²) in [5.41, 5.74) is 2.77. The van der Waals surface area contributed by atoms with Crippen molar-refractivity contribution in [3.05, 3.63) is 99.9 Å². The van der Waals surface area contributed by atoms with Crippen molar-refractivity contribution in [1.29, 1.82) is 0 Å². The van der Waals surface area contributed by atoms with Gasteiger partial charge in [0.25, 0.3) is 5.91 Å². The molecule has 35 heavy (non-hydrogen) atoms. The van der Waals surface area contributed by atoms with Crippen LogP contribution in [0.2, 0.25) is 5.02 Å². The first-order chi connectivity index (χ1) is 17.2.